The maximum atomic E-state index is 12.0. The Morgan fingerprint density at radius 1 is 1.30 bits per heavy atom. The van der Waals surface area contributed by atoms with Crippen molar-refractivity contribution >= 4 is 28.2 Å². The highest BCUT2D eigenvalue weighted by atomic mass is 16.2. The van der Waals surface area contributed by atoms with E-state index in [1.807, 2.05) is 29.2 Å². The van der Waals surface area contributed by atoms with Crippen LogP contribution in [0.5, 0.6) is 0 Å². The molecule has 1 aromatic heterocycles. The van der Waals surface area contributed by atoms with E-state index >= 15 is 0 Å². The minimum atomic E-state index is 0.142. The molecule has 2 heterocycles. The smallest absolute Gasteiger partial charge is 0.241 e. The van der Waals surface area contributed by atoms with E-state index in [-0.39, 0.29) is 5.91 Å². The molecule has 0 radical (unpaired) electrons. The Kier molecular flexibility index (Phi) is 3.41. The summed E-state index contributed by atoms with van der Waals surface area (Å²) in [5.74, 6) is 0.142. The number of aromatic nitrogens is 1. The topological polar surface area (TPSA) is 71.2 Å². The lowest BCUT2D eigenvalue weighted by Gasteiger charge is -2.16. The van der Waals surface area contributed by atoms with Crippen LogP contribution < -0.4 is 11.1 Å². The van der Waals surface area contributed by atoms with Crippen molar-refractivity contribution in [3.63, 3.8) is 0 Å². The van der Waals surface area contributed by atoms with Crippen molar-refractivity contribution in [2.24, 2.45) is 0 Å². The van der Waals surface area contributed by atoms with E-state index in [0.29, 0.717) is 12.2 Å². The molecule has 0 spiro atoms. The predicted molar refractivity (Wildman–Crippen MR) is 80.5 cm³/mol. The van der Waals surface area contributed by atoms with Crippen molar-refractivity contribution in [3.8, 4) is 0 Å². The standard InChI is InChI=1S/C15H18N4O/c16-12-5-6-13(15-11(12)4-3-7-17-15)18-10-14(20)19-8-1-2-9-19/h3-7,18H,1-2,8-10,16H2. The minimum Gasteiger partial charge on any atom is -0.398 e. The Morgan fingerprint density at radius 3 is 2.90 bits per heavy atom. The number of benzene rings is 1. The quantitative estimate of drug-likeness (QED) is 0.835. The molecule has 1 amide bonds. The van der Waals surface area contributed by atoms with Gasteiger partial charge in [0.1, 0.15) is 0 Å². The van der Waals surface area contributed by atoms with Crippen LogP contribution in [-0.4, -0.2) is 35.4 Å². The third kappa shape index (κ3) is 2.39. The normalized spacial score (nSPS) is 14.7. The number of nitrogens with one attached hydrogen (secondary N) is 1. The number of rotatable bonds is 3. The maximum absolute atomic E-state index is 12.0. The summed E-state index contributed by atoms with van der Waals surface area (Å²) in [5, 5.41) is 4.09. The first kappa shape index (κ1) is 12.7. The number of hydrogen-bond donors (Lipinski definition) is 2. The molecule has 5 nitrogen and oxygen atoms in total. The van der Waals surface area contributed by atoms with Gasteiger partial charge in [-0.15, -0.1) is 0 Å². The summed E-state index contributed by atoms with van der Waals surface area (Å²) in [4.78, 5) is 18.3. The van der Waals surface area contributed by atoms with Crippen LogP contribution in [0.15, 0.2) is 30.5 Å². The van der Waals surface area contributed by atoms with Gasteiger partial charge in [-0.25, -0.2) is 0 Å². The van der Waals surface area contributed by atoms with E-state index in [9.17, 15) is 4.79 Å². The number of likely N-dealkylation sites (tertiary alicyclic amines) is 1. The summed E-state index contributed by atoms with van der Waals surface area (Å²) in [5.41, 5.74) is 8.29. The fraction of sp³-hybridized carbons (Fsp3) is 0.333. The molecule has 20 heavy (non-hydrogen) atoms. The number of nitrogens with two attached hydrogens (primary N) is 1. The first-order chi connectivity index (χ1) is 9.75. The molecule has 0 saturated carbocycles. The van der Waals surface area contributed by atoms with Crippen LogP contribution in [0.3, 0.4) is 0 Å². The van der Waals surface area contributed by atoms with Crippen LogP contribution in [0.1, 0.15) is 12.8 Å². The van der Waals surface area contributed by atoms with E-state index < -0.39 is 0 Å². The van der Waals surface area contributed by atoms with Gasteiger partial charge in [0.2, 0.25) is 5.91 Å². The molecule has 3 rings (SSSR count). The van der Waals surface area contributed by atoms with Crippen LogP contribution >= 0.6 is 0 Å². The first-order valence-electron chi connectivity index (χ1n) is 6.90. The molecule has 0 aliphatic carbocycles. The van der Waals surface area contributed by atoms with Crippen molar-refractivity contribution < 1.29 is 4.79 Å². The molecule has 1 aliphatic rings. The molecular formula is C15H18N4O. The van der Waals surface area contributed by atoms with Gasteiger partial charge in [0.05, 0.1) is 17.7 Å². The number of fused-ring (bicyclic) bond motifs is 1. The van der Waals surface area contributed by atoms with Crippen molar-refractivity contribution in [1.82, 2.24) is 9.88 Å². The lowest BCUT2D eigenvalue weighted by molar-refractivity contribution is -0.128. The molecule has 1 aromatic carbocycles. The fourth-order valence-corrected chi connectivity index (χ4v) is 2.59. The number of anilines is 2. The molecule has 0 unspecified atom stereocenters. The highest BCUT2D eigenvalue weighted by Gasteiger charge is 2.17. The molecule has 0 bridgehead atoms. The van der Waals surface area contributed by atoms with Crippen LogP contribution in [0, 0.1) is 0 Å². The average Bonchev–Trinajstić information content (AvgIpc) is 3.01. The second-order valence-electron chi connectivity index (χ2n) is 5.04. The van der Waals surface area contributed by atoms with E-state index in [1.165, 1.54) is 0 Å². The monoisotopic (exact) mass is 270 g/mol. The van der Waals surface area contributed by atoms with Gasteiger partial charge in [-0.05, 0) is 37.1 Å². The summed E-state index contributed by atoms with van der Waals surface area (Å²) in [6, 6.07) is 7.51. The zero-order valence-corrected chi connectivity index (χ0v) is 11.3. The van der Waals surface area contributed by atoms with Gasteiger partial charge in [0.25, 0.3) is 0 Å². The second-order valence-corrected chi connectivity index (χ2v) is 5.04. The molecule has 1 aliphatic heterocycles. The number of hydrogen-bond acceptors (Lipinski definition) is 4. The molecule has 3 N–H and O–H groups in total. The van der Waals surface area contributed by atoms with Crippen molar-refractivity contribution in [2.45, 2.75) is 12.8 Å². The van der Waals surface area contributed by atoms with E-state index in [2.05, 4.69) is 10.3 Å². The average molecular weight is 270 g/mol. The van der Waals surface area contributed by atoms with E-state index in [0.717, 1.165) is 42.5 Å². The number of nitrogen functional groups attached to an aromatic ring is 1. The van der Waals surface area contributed by atoms with Crippen LogP contribution in [0.2, 0.25) is 0 Å². The number of amides is 1. The van der Waals surface area contributed by atoms with Crippen molar-refractivity contribution in [2.75, 3.05) is 30.7 Å². The van der Waals surface area contributed by atoms with Crippen LogP contribution in [0.4, 0.5) is 11.4 Å². The SMILES string of the molecule is Nc1ccc(NCC(=O)N2CCCC2)c2ncccc12. The third-order valence-electron chi connectivity index (χ3n) is 3.69. The Balaban J connectivity index is 1.77. The fourth-order valence-electron chi connectivity index (χ4n) is 2.59. The summed E-state index contributed by atoms with van der Waals surface area (Å²) >= 11 is 0. The predicted octanol–water partition coefficient (Wildman–Crippen LogP) is 1.85. The van der Waals surface area contributed by atoms with Gasteiger partial charge < -0.3 is 16.0 Å². The van der Waals surface area contributed by atoms with Gasteiger partial charge in [0, 0.05) is 30.4 Å². The van der Waals surface area contributed by atoms with Crippen LogP contribution in [0.25, 0.3) is 10.9 Å². The second kappa shape index (κ2) is 5.36. The summed E-state index contributed by atoms with van der Waals surface area (Å²) in [6.45, 7) is 2.05. The maximum Gasteiger partial charge on any atom is 0.241 e. The highest BCUT2D eigenvalue weighted by Crippen LogP contribution is 2.26. The molecule has 5 heteroatoms. The van der Waals surface area contributed by atoms with Gasteiger partial charge in [-0.2, -0.15) is 0 Å². The first-order valence-corrected chi connectivity index (χ1v) is 6.90. The molecule has 0 atom stereocenters. The van der Waals surface area contributed by atoms with Crippen LogP contribution in [-0.2, 0) is 4.79 Å². The van der Waals surface area contributed by atoms with Crippen molar-refractivity contribution in [1.29, 1.82) is 0 Å². The van der Waals surface area contributed by atoms with E-state index in [1.54, 1.807) is 6.20 Å². The van der Waals surface area contributed by atoms with Gasteiger partial charge in [-0.1, -0.05) is 0 Å². The zero-order chi connectivity index (χ0) is 13.9. The van der Waals surface area contributed by atoms with E-state index in [4.69, 9.17) is 5.73 Å². The Labute approximate surface area is 117 Å². The number of carbonyl (C=O) groups excluding carboxylic acids is 1. The van der Waals surface area contributed by atoms with Crippen molar-refractivity contribution in [3.05, 3.63) is 30.5 Å². The van der Waals surface area contributed by atoms with Gasteiger partial charge in [0.15, 0.2) is 0 Å². The highest BCUT2D eigenvalue weighted by molar-refractivity contribution is 5.99. The van der Waals surface area contributed by atoms with Gasteiger partial charge >= 0.3 is 0 Å². The Morgan fingerprint density at radius 2 is 2.10 bits per heavy atom. The molecule has 1 fully saturated rings. The summed E-state index contributed by atoms with van der Waals surface area (Å²) in [6.07, 6.45) is 3.95. The third-order valence-corrected chi connectivity index (χ3v) is 3.69. The lowest BCUT2D eigenvalue weighted by Crippen LogP contribution is -2.33. The van der Waals surface area contributed by atoms with Gasteiger partial charge in [-0.3, -0.25) is 9.78 Å². The minimum absolute atomic E-state index is 0.142. The number of nitrogens with zero attached hydrogens (tertiary/aromatic N) is 2. The summed E-state index contributed by atoms with van der Waals surface area (Å²) < 4.78 is 0. The number of pyridine rings is 1. The Bertz CT molecular complexity index is 635. The Hall–Kier alpha value is -2.30. The lowest BCUT2D eigenvalue weighted by atomic mass is 10.1. The number of carbonyl (C=O) groups is 1. The molecule has 2 aromatic rings. The molecule has 1 saturated heterocycles. The molecular weight excluding hydrogens is 252 g/mol. The zero-order valence-electron chi connectivity index (χ0n) is 11.3. The molecule has 104 valence electrons. The summed E-state index contributed by atoms with van der Waals surface area (Å²) in [7, 11) is 0. The largest absolute Gasteiger partial charge is 0.398 e.